The minimum absolute atomic E-state index is 0.215. The van der Waals surface area contributed by atoms with Crippen LogP contribution in [0.15, 0.2) is 23.8 Å². The lowest BCUT2D eigenvalue weighted by atomic mass is 10.1. The zero-order valence-corrected chi connectivity index (χ0v) is 15.4. The molecule has 2 aromatic rings. The van der Waals surface area contributed by atoms with Crippen LogP contribution in [0.3, 0.4) is 0 Å². The molecule has 0 aliphatic carbocycles. The summed E-state index contributed by atoms with van der Waals surface area (Å²) in [4.78, 5) is 8.20. The molecule has 4 rings (SSSR count). The molecule has 4 heterocycles. The van der Waals surface area contributed by atoms with E-state index in [9.17, 15) is 8.42 Å². The zero-order chi connectivity index (χ0) is 16.6. The Kier molecular flexibility index (Phi) is 4.49. The van der Waals surface area contributed by atoms with Gasteiger partial charge in [-0.2, -0.15) is 0 Å². The number of aromatic nitrogens is 2. The van der Waals surface area contributed by atoms with Crippen LogP contribution in [-0.4, -0.2) is 47.5 Å². The molecular formula is C17H23N3O2S2. The van der Waals surface area contributed by atoms with Gasteiger partial charge < -0.3 is 4.57 Å². The fraction of sp³-hybridized carbons (Fsp3) is 0.588. The fourth-order valence-electron chi connectivity index (χ4n) is 3.75. The number of thiophene rings is 1. The molecule has 2 aliphatic heterocycles. The van der Waals surface area contributed by atoms with Crippen LogP contribution < -0.4 is 0 Å². The predicted octanol–water partition coefficient (Wildman–Crippen LogP) is 2.64. The summed E-state index contributed by atoms with van der Waals surface area (Å²) >= 11 is 1.73. The lowest BCUT2D eigenvalue weighted by Gasteiger charge is -2.13. The molecule has 2 saturated heterocycles. The van der Waals surface area contributed by atoms with Crippen LogP contribution in [-0.2, 0) is 22.9 Å². The quantitative estimate of drug-likeness (QED) is 0.817. The summed E-state index contributed by atoms with van der Waals surface area (Å²) in [5, 5.41) is 2.23. The first-order chi connectivity index (χ1) is 11.6. The molecule has 130 valence electrons. The second kappa shape index (κ2) is 6.61. The van der Waals surface area contributed by atoms with Gasteiger partial charge in [-0.05, 0) is 55.3 Å². The van der Waals surface area contributed by atoms with Crippen molar-refractivity contribution in [2.75, 3.05) is 24.6 Å². The SMILES string of the molecule is O=S1(=O)CCC(Cn2ccnc2-c2cc(CN3CCCC3)cs2)C1. The fourth-order valence-corrected chi connectivity index (χ4v) is 6.52. The number of sulfone groups is 1. The molecule has 7 heteroatoms. The number of rotatable bonds is 5. The Labute approximate surface area is 147 Å². The molecular weight excluding hydrogens is 342 g/mol. The standard InChI is InChI=1S/C17H23N3O2S2/c21-24(22)8-3-14(13-24)11-20-7-4-18-17(20)16-9-15(12-23-16)10-19-5-1-2-6-19/h4,7,9,12,14H,1-3,5-6,8,10-11,13H2. The highest BCUT2D eigenvalue weighted by atomic mass is 32.2. The van der Waals surface area contributed by atoms with Gasteiger partial charge in [0.05, 0.1) is 16.4 Å². The van der Waals surface area contributed by atoms with Gasteiger partial charge in [-0.3, -0.25) is 4.90 Å². The van der Waals surface area contributed by atoms with Crippen LogP contribution >= 0.6 is 11.3 Å². The van der Waals surface area contributed by atoms with Gasteiger partial charge in [-0.1, -0.05) is 0 Å². The van der Waals surface area contributed by atoms with E-state index in [-0.39, 0.29) is 5.92 Å². The van der Waals surface area contributed by atoms with E-state index < -0.39 is 9.84 Å². The van der Waals surface area contributed by atoms with Gasteiger partial charge in [0, 0.05) is 25.5 Å². The van der Waals surface area contributed by atoms with Crippen LogP contribution in [0.5, 0.6) is 0 Å². The van der Waals surface area contributed by atoms with E-state index in [1.807, 2.05) is 12.4 Å². The smallest absolute Gasteiger partial charge is 0.150 e. The van der Waals surface area contributed by atoms with Crippen molar-refractivity contribution >= 4 is 21.2 Å². The summed E-state index contributed by atoms with van der Waals surface area (Å²) in [5.41, 5.74) is 1.36. The Balaban J connectivity index is 1.47. The molecule has 24 heavy (non-hydrogen) atoms. The molecule has 0 saturated carbocycles. The first-order valence-corrected chi connectivity index (χ1v) is 11.3. The third-order valence-electron chi connectivity index (χ3n) is 4.98. The predicted molar refractivity (Wildman–Crippen MR) is 96.8 cm³/mol. The lowest BCUT2D eigenvalue weighted by Crippen LogP contribution is -2.17. The molecule has 1 atom stereocenters. The molecule has 1 unspecified atom stereocenters. The molecule has 2 aliphatic rings. The molecule has 2 aromatic heterocycles. The molecule has 0 N–H and O–H groups in total. The third kappa shape index (κ3) is 3.58. The summed E-state index contributed by atoms with van der Waals surface area (Å²) in [6.45, 7) is 4.18. The van der Waals surface area contributed by atoms with Crippen molar-refractivity contribution in [1.82, 2.24) is 14.5 Å². The molecule has 0 bridgehead atoms. The number of likely N-dealkylation sites (tertiary alicyclic amines) is 1. The van der Waals surface area contributed by atoms with Gasteiger partial charge in [0.15, 0.2) is 9.84 Å². The molecule has 0 radical (unpaired) electrons. The summed E-state index contributed by atoms with van der Waals surface area (Å²) in [6.07, 6.45) is 7.18. The van der Waals surface area contributed by atoms with Gasteiger partial charge in [-0.25, -0.2) is 13.4 Å². The molecule has 0 amide bonds. The van der Waals surface area contributed by atoms with Crippen molar-refractivity contribution in [3.05, 3.63) is 29.4 Å². The third-order valence-corrected chi connectivity index (χ3v) is 7.79. The molecule has 0 spiro atoms. The van der Waals surface area contributed by atoms with Crippen LogP contribution in [0.4, 0.5) is 0 Å². The maximum atomic E-state index is 11.7. The number of hydrogen-bond acceptors (Lipinski definition) is 5. The zero-order valence-electron chi connectivity index (χ0n) is 13.7. The number of hydrogen-bond donors (Lipinski definition) is 0. The summed E-state index contributed by atoms with van der Waals surface area (Å²) in [7, 11) is -2.82. The first-order valence-electron chi connectivity index (χ1n) is 8.61. The second-order valence-electron chi connectivity index (χ2n) is 6.97. The maximum Gasteiger partial charge on any atom is 0.150 e. The summed E-state index contributed by atoms with van der Waals surface area (Å²) in [6, 6.07) is 2.24. The summed E-state index contributed by atoms with van der Waals surface area (Å²) in [5.74, 6) is 1.83. The van der Waals surface area contributed by atoms with E-state index in [0.29, 0.717) is 11.5 Å². The highest BCUT2D eigenvalue weighted by Crippen LogP contribution is 2.29. The Morgan fingerprint density at radius 2 is 2.12 bits per heavy atom. The van der Waals surface area contributed by atoms with Crippen LogP contribution in [0.25, 0.3) is 10.7 Å². The average Bonchev–Trinajstić information content (AvgIpc) is 3.28. The summed E-state index contributed by atoms with van der Waals surface area (Å²) < 4.78 is 25.5. The highest BCUT2D eigenvalue weighted by molar-refractivity contribution is 7.91. The second-order valence-corrected chi connectivity index (χ2v) is 10.1. The average molecular weight is 366 g/mol. The van der Waals surface area contributed by atoms with Crippen molar-refractivity contribution in [1.29, 1.82) is 0 Å². The van der Waals surface area contributed by atoms with Crippen molar-refractivity contribution in [2.45, 2.75) is 32.4 Å². The Bertz CT molecular complexity index is 803. The monoisotopic (exact) mass is 365 g/mol. The van der Waals surface area contributed by atoms with Gasteiger partial charge in [0.2, 0.25) is 0 Å². The van der Waals surface area contributed by atoms with Crippen molar-refractivity contribution in [3.63, 3.8) is 0 Å². The number of nitrogens with zero attached hydrogens (tertiary/aromatic N) is 3. The van der Waals surface area contributed by atoms with Crippen molar-refractivity contribution in [3.8, 4) is 10.7 Å². The van der Waals surface area contributed by atoms with E-state index in [1.165, 1.54) is 36.4 Å². The van der Waals surface area contributed by atoms with E-state index in [0.717, 1.165) is 25.3 Å². The van der Waals surface area contributed by atoms with E-state index >= 15 is 0 Å². The van der Waals surface area contributed by atoms with Crippen LogP contribution in [0.2, 0.25) is 0 Å². The van der Waals surface area contributed by atoms with E-state index in [2.05, 4.69) is 25.9 Å². The Morgan fingerprint density at radius 3 is 2.88 bits per heavy atom. The Morgan fingerprint density at radius 1 is 1.29 bits per heavy atom. The molecule has 2 fully saturated rings. The highest BCUT2D eigenvalue weighted by Gasteiger charge is 2.28. The topological polar surface area (TPSA) is 55.2 Å². The molecule has 0 aromatic carbocycles. The van der Waals surface area contributed by atoms with Gasteiger partial charge in [0.1, 0.15) is 5.82 Å². The van der Waals surface area contributed by atoms with Crippen LogP contribution in [0.1, 0.15) is 24.8 Å². The van der Waals surface area contributed by atoms with Gasteiger partial charge >= 0.3 is 0 Å². The largest absolute Gasteiger partial charge is 0.330 e. The minimum Gasteiger partial charge on any atom is -0.330 e. The molecule has 5 nitrogen and oxygen atoms in total. The van der Waals surface area contributed by atoms with Crippen molar-refractivity contribution < 1.29 is 8.42 Å². The van der Waals surface area contributed by atoms with Crippen molar-refractivity contribution in [2.24, 2.45) is 5.92 Å². The normalized spacial score (nSPS) is 23.9. The van der Waals surface area contributed by atoms with Gasteiger partial charge in [0.25, 0.3) is 0 Å². The lowest BCUT2D eigenvalue weighted by molar-refractivity contribution is 0.332. The maximum absolute atomic E-state index is 11.7. The van der Waals surface area contributed by atoms with E-state index in [4.69, 9.17) is 0 Å². The van der Waals surface area contributed by atoms with E-state index in [1.54, 1.807) is 11.3 Å². The first kappa shape index (κ1) is 16.3. The van der Waals surface area contributed by atoms with Gasteiger partial charge in [-0.15, -0.1) is 11.3 Å². The number of imidazole rings is 1. The Hall–Kier alpha value is -1.18. The minimum atomic E-state index is -2.82. The van der Waals surface area contributed by atoms with Crippen LogP contribution in [0, 0.1) is 5.92 Å².